The summed E-state index contributed by atoms with van der Waals surface area (Å²) in [4.78, 5) is 4.30. The van der Waals surface area contributed by atoms with Gasteiger partial charge in [-0.05, 0) is 18.1 Å². The molecule has 0 saturated carbocycles. The highest BCUT2D eigenvalue weighted by atomic mass is 16.5. The van der Waals surface area contributed by atoms with Crippen LogP contribution in [0.4, 0.5) is 0 Å². The van der Waals surface area contributed by atoms with Crippen LogP contribution >= 0.6 is 0 Å². The van der Waals surface area contributed by atoms with E-state index in [4.69, 9.17) is 14.4 Å². The first-order valence-electron chi connectivity index (χ1n) is 6.04. The van der Waals surface area contributed by atoms with E-state index < -0.39 is 0 Å². The van der Waals surface area contributed by atoms with Crippen molar-refractivity contribution in [2.45, 2.75) is 25.4 Å². The summed E-state index contributed by atoms with van der Waals surface area (Å²) in [7, 11) is 0. The molecule has 94 valence electrons. The first-order valence-corrected chi connectivity index (χ1v) is 6.04. The zero-order valence-electron chi connectivity index (χ0n) is 9.87. The topological polar surface area (TPSA) is 68.4 Å². The number of fused-ring (bicyclic) bond motifs is 1. The second kappa shape index (κ2) is 4.78. The number of hydrogen-bond donors (Lipinski definition) is 1. The molecule has 5 heteroatoms. The van der Waals surface area contributed by atoms with E-state index in [1.54, 1.807) is 0 Å². The molecule has 1 aliphatic heterocycles. The lowest BCUT2D eigenvalue weighted by atomic mass is 10.1. The lowest BCUT2D eigenvalue weighted by Crippen LogP contribution is -2.05. The predicted octanol–water partition coefficient (Wildman–Crippen LogP) is 1.67. The smallest absolute Gasteiger partial charge is 0.226 e. The number of aromatic nitrogens is 2. The Balaban J connectivity index is 1.72. The van der Waals surface area contributed by atoms with Crippen LogP contribution in [0.5, 0.6) is 5.75 Å². The summed E-state index contributed by atoms with van der Waals surface area (Å²) in [6, 6.07) is 7.93. The number of aryl methyl sites for hydroxylation is 1. The molecule has 1 atom stereocenters. The fourth-order valence-electron chi connectivity index (χ4n) is 2.06. The van der Waals surface area contributed by atoms with Gasteiger partial charge in [-0.25, -0.2) is 0 Å². The largest absolute Gasteiger partial charge is 0.482 e. The molecule has 0 spiro atoms. The molecule has 0 aliphatic carbocycles. The van der Waals surface area contributed by atoms with Gasteiger partial charge in [0.25, 0.3) is 0 Å². The third-order valence-electron chi connectivity index (χ3n) is 2.97. The zero-order chi connectivity index (χ0) is 12.4. The predicted molar refractivity (Wildman–Crippen MR) is 63.2 cm³/mol. The van der Waals surface area contributed by atoms with Gasteiger partial charge in [-0.3, -0.25) is 0 Å². The SMILES string of the molecule is OCCCc1nc(C2Cc3ccccc3O2)no1. The zero-order valence-corrected chi connectivity index (χ0v) is 9.87. The summed E-state index contributed by atoms with van der Waals surface area (Å²) < 4.78 is 10.9. The molecule has 2 aromatic rings. The number of aliphatic hydroxyl groups is 1. The van der Waals surface area contributed by atoms with Gasteiger partial charge < -0.3 is 14.4 Å². The van der Waals surface area contributed by atoms with Gasteiger partial charge in [0.05, 0.1) is 0 Å². The molecule has 1 unspecified atom stereocenters. The van der Waals surface area contributed by atoms with Crippen molar-refractivity contribution in [2.75, 3.05) is 6.61 Å². The maximum Gasteiger partial charge on any atom is 0.226 e. The van der Waals surface area contributed by atoms with E-state index in [1.165, 1.54) is 5.56 Å². The average molecular weight is 246 g/mol. The molecule has 1 aliphatic rings. The highest BCUT2D eigenvalue weighted by Gasteiger charge is 2.27. The average Bonchev–Trinajstić information content (AvgIpc) is 3.02. The molecule has 0 amide bonds. The number of nitrogens with zero attached hydrogens (tertiary/aromatic N) is 2. The Morgan fingerprint density at radius 2 is 2.22 bits per heavy atom. The summed E-state index contributed by atoms with van der Waals surface area (Å²) in [6.45, 7) is 0.128. The third kappa shape index (κ3) is 2.09. The summed E-state index contributed by atoms with van der Waals surface area (Å²) in [6.07, 6.45) is 1.85. The summed E-state index contributed by atoms with van der Waals surface area (Å²) in [5.74, 6) is 2.03. The van der Waals surface area contributed by atoms with Crippen molar-refractivity contribution in [1.29, 1.82) is 0 Å². The molecule has 3 rings (SSSR count). The van der Waals surface area contributed by atoms with Crippen LogP contribution in [0, 0.1) is 0 Å². The Morgan fingerprint density at radius 1 is 1.33 bits per heavy atom. The number of ether oxygens (including phenoxy) is 1. The van der Waals surface area contributed by atoms with E-state index in [9.17, 15) is 0 Å². The fourth-order valence-corrected chi connectivity index (χ4v) is 2.06. The molecule has 1 N–H and O–H groups in total. The quantitative estimate of drug-likeness (QED) is 0.888. The van der Waals surface area contributed by atoms with Crippen molar-refractivity contribution in [2.24, 2.45) is 0 Å². The van der Waals surface area contributed by atoms with Crippen LogP contribution in [0.25, 0.3) is 0 Å². The molecule has 0 bridgehead atoms. The van der Waals surface area contributed by atoms with Gasteiger partial charge in [0, 0.05) is 19.4 Å². The van der Waals surface area contributed by atoms with Crippen LogP contribution in [0.1, 0.15) is 29.8 Å². The van der Waals surface area contributed by atoms with Gasteiger partial charge >= 0.3 is 0 Å². The minimum atomic E-state index is -0.158. The Morgan fingerprint density at radius 3 is 3.06 bits per heavy atom. The van der Waals surface area contributed by atoms with Gasteiger partial charge in [-0.1, -0.05) is 23.4 Å². The second-order valence-electron chi connectivity index (χ2n) is 4.29. The van der Waals surface area contributed by atoms with E-state index in [0.29, 0.717) is 24.6 Å². The summed E-state index contributed by atoms with van der Waals surface area (Å²) >= 11 is 0. The van der Waals surface area contributed by atoms with Crippen LogP contribution in [0.3, 0.4) is 0 Å². The number of benzene rings is 1. The maximum atomic E-state index is 8.75. The third-order valence-corrected chi connectivity index (χ3v) is 2.97. The summed E-state index contributed by atoms with van der Waals surface area (Å²) in [5.41, 5.74) is 1.17. The van der Waals surface area contributed by atoms with Gasteiger partial charge in [0.1, 0.15) is 5.75 Å². The molecule has 0 fully saturated rings. The Kier molecular flexibility index (Phi) is 2.98. The van der Waals surface area contributed by atoms with Crippen molar-refractivity contribution >= 4 is 0 Å². The van der Waals surface area contributed by atoms with Crippen molar-refractivity contribution in [3.8, 4) is 5.75 Å². The standard InChI is InChI=1S/C13H14N2O3/c16-7-3-6-12-14-13(15-18-12)11-8-9-4-1-2-5-10(9)17-11/h1-2,4-5,11,16H,3,6-8H2. The number of rotatable bonds is 4. The lowest BCUT2D eigenvalue weighted by molar-refractivity contribution is 0.220. The number of para-hydroxylation sites is 1. The second-order valence-corrected chi connectivity index (χ2v) is 4.29. The van der Waals surface area contributed by atoms with Crippen molar-refractivity contribution in [3.63, 3.8) is 0 Å². The van der Waals surface area contributed by atoms with Gasteiger partial charge in [-0.2, -0.15) is 4.98 Å². The van der Waals surface area contributed by atoms with Gasteiger partial charge in [-0.15, -0.1) is 0 Å². The minimum absolute atomic E-state index is 0.128. The van der Waals surface area contributed by atoms with E-state index in [-0.39, 0.29) is 12.7 Å². The van der Waals surface area contributed by atoms with Gasteiger partial charge in [0.2, 0.25) is 11.7 Å². The maximum absolute atomic E-state index is 8.75. The van der Waals surface area contributed by atoms with Crippen LogP contribution in [-0.2, 0) is 12.8 Å². The Hall–Kier alpha value is -1.88. The molecule has 0 saturated heterocycles. The monoisotopic (exact) mass is 246 g/mol. The highest BCUT2D eigenvalue weighted by Crippen LogP contribution is 2.35. The van der Waals surface area contributed by atoms with Crippen LogP contribution in [0.2, 0.25) is 0 Å². The number of aliphatic hydroxyl groups excluding tert-OH is 1. The Labute approximate surface area is 104 Å². The van der Waals surface area contributed by atoms with Crippen LogP contribution in [0.15, 0.2) is 28.8 Å². The molecule has 2 heterocycles. The van der Waals surface area contributed by atoms with Gasteiger partial charge in [0.15, 0.2) is 6.10 Å². The first kappa shape index (κ1) is 11.2. The normalized spacial score (nSPS) is 17.5. The summed E-state index contributed by atoms with van der Waals surface area (Å²) in [5, 5.41) is 12.7. The molecular formula is C13H14N2O3. The van der Waals surface area contributed by atoms with Crippen molar-refractivity contribution < 1.29 is 14.4 Å². The first-order chi connectivity index (χ1) is 8.86. The van der Waals surface area contributed by atoms with Crippen molar-refractivity contribution in [1.82, 2.24) is 10.1 Å². The molecule has 1 aromatic carbocycles. The lowest BCUT2D eigenvalue weighted by Gasteiger charge is -2.04. The fraction of sp³-hybridized carbons (Fsp3) is 0.385. The molecule has 1 aromatic heterocycles. The molecule has 0 radical (unpaired) electrons. The highest BCUT2D eigenvalue weighted by molar-refractivity contribution is 5.37. The van der Waals surface area contributed by atoms with E-state index in [2.05, 4.69) is 10.1 Å². The molecule has 18 heavy (non-hydrogen) atoms. The molecular weight excluding hydrogens is 232 g/mol. The van der Waals surface area contributed by atoms with Crippen molar-refractivity contribution in [3.05, 3.63) is 41.5 Å². The van der Waals surface area contributed by atoms with E-state index >= 15 is 0 Å². The van der Waals surface area contributed by atoms with Crippen LogP contribution in [-0.4, -0.2) is 21.9 Å². The number of hydrogen-bond acceptors (Lipinski definition) is 5. The van der Waals surface area contributed by atoms with E-state index in [0.717, 1.165) is 12.2 Å². The Bertz CT molecular complexity index is 514. The van der Waals surface area contributed by atoms with E-state index in [1.807, 2.05) is 24.3 Å². The minimum Gasteiger partial charge on any atom is -0.482 e. The molecule has 5 nitrogen and oxygen atoms in total. The van der Waals surface area contributed by atoms with Crippen LogP contribution < -0.4 is 4.74 Å².